The first-order valence-corrected chi connectivity index (χ1v) is 4.74. The van der Waals surface area contributed by atoms with Crippen molar-refractivity contribution < 1.29 is 9.21 Å². The maximum Gasteiger partial charge on any atom is 0.319 e. The Morgan fingerprint density at radius 3 is 2.93 bits per heavy atom. The molecule has 1 aromatic heterocycles. The second kappa shape index (κ2) is 3.76. The number of carbonyl (C=O) groups is 1. The predicted octanol–water partition coefficient (Wildman–Crippen LogP) is -0.633. The van der Waals surface area contributed by atoms with Crippen LogP contribution in [-0.4, -0.2) is 35.7 Å². The van der Waals surface area contributed by atoms with Gasteiger partial charge in [-0.15, -0.1) is 0 Å². The molecule has 1 fully saturated rings. The third-order valence-corrected chi connectivity index (χ3v) is 2.08. The number of anilines is 2. The van der Waals surface area contributed by atoms with Crippen LogP contribution in [0, 0.1) is 0 Å². The number of carbonyl (C=O) groups excluding carboxylic acids is 1. The summed E-state index contributed by atoms with van der Waals surface area (Å²) in [4.78, 5) is 13.0. The SMILES string of the molecule is CN(CC(=O)NC1CC1)c1nnc(N)o1. The van der Waals surface area contributed by atoms with Crippen molar-refractivity contribution in [2.75, 3.05) is 24.2 Å². The van der Waals surface area contributed by atoms with Crippen molar-refractivity contribution in [3.8, 4) is 0 Å². The van der Waals surface area contributed by atoms with Gasteiger partial charge in [-0.25, -0.2) is 0 Å². The van der Waals surface area contributed by atoms with E-state index in [9.17, 15) is 4.79 Å². The Bertz CT molecular complexity index is 360. The van der Waals surface area contributed by atoms with Gasteiger partial charge in [-0.05, 0) is 12.8 Å². The number of likely N-dealkylation sites (N-methyl/N-ethyl adjacent to an activating group) is 1. The average Bonchev–Trinajstić information content (AvgIpc) is 2.85. The van der Waals surface area contributed by atoms with Gasteiger partial charge in [-0.2, -0.15) is 0 Å². The first-order valence-electron chi connectivity index (χ1n) is 4.74. The highest BCUT2D eigenvalue weighted by Crippen LogP contribution is 2.18. The molecule has 1 saturated carbocycles. The number of hydrogen-bond donors (Lipinski definition) is 2. The van der Waals surface area contributed by atoms with E-state index in [1.165, 1.54) is 0 Å². The van der Waals surface area contributed by atoms with Crippen LogP contribution in [0.5, 0.6) is 0 Å². The standard InChI is InChI=1S/C8H13N5O2/c1-13(8-12-11-7(9)15-8)4-6(14)10-5-2-3-5/h5H,2-4H2,1H3,(H2,9,11)(H,10,14). The molecule has 3 N–H and O–H groups in total. The molecule has 0 unspecified atom stereocenters. The minimum absolute atomic E-state index is 0.000508. The molecule has 1 aliphatic rings. The molecule has 0 atom stereocenters. The van der Waals surface area contributed by atoms with E-state index in [4.69, 9.17) is 10.2 Å². The van der Waals surface area contributed by atoms with Crippen LogP contribution in [0.3, 0.4) is 0 Å². The Kier molecular flexibility index (Phi) is 2.44. The summed E-state index contributed by atoms with van der Waals surface area (Å²) in [5.74, 6) is -0.0447. The first kappa shape index (κ1) is 9.75. The molecule has 0 spiro atoms. The number of rotatable bonds is 4. The summed E-state index contributed by atoms with van der Waals surface area (Å²) in [5.41, 5.74) is 5.27. The Balaban J connectivity index is 1.85. The zero-order chi connectivity index (χ0) is 10.8. The molecule has 82 valence electrons. The van der Waals surface area contributed by atoms with Gasteiger partial charge >= 0.3 is 12.0 Å². The van der Waals surface area contributed by atoms with E-state index in [0.717, 1.165) is 12.8 Å². The third-order valence-electron chi connectivity index (χ3n) is 2.08. The second-order valence-electron chi connectivity index (χ2n) is 3.62. The predicted molar refractivity (Wildman–Crippen MR) is 53.1 cm³/mol. The fourth-order valence-electron chi connectivity index (χ4n) is 1.16. The van der Waals surface area contributed by atoms with Crippen molar-refractivity contribution in [2.45, 2.75) is 18.9 Å². The van der Waals surface area contributed by atoms with Crippen LogP contribution in [0.15, 0.2) is 4.42 Å². The van der Waals surface area contributed by atoms with Gasteiger partial charge in [-0.3, -0.25) is 4.79 Å². The van der Waals surface area contributed by atoms with E-state index >= 15 is 0 Å². The largest absolute Gasteiger partial charge is 0.390 e. The van der Waals surface area contributed by atoms with Crippen molar-refractivity contribution in [3.05, 3.63) is 0 Å². The van der Waals surface area contributed by atoms with Crippen molar-refractivity contribution >= 4 is 17.9 Å². The van der Waals surface area contributed by atoms with Crippen LogP contribution in [0.1, 0.15) is 12.8 Å². The molecule has 7 nitrogen and oxygen atoms in total. The van der Waals surface area contributed by atoms with E-state index in [0.29, 0.717) is 6.04 Å². The van der Waals surface area contributed by atoms with Gasteiger partial charge in [0.15, 0.2) is 0 Å². The third kappa shape index (κ3) is 2.58. The normalized spacial score (nSPS) is 15.0. The minimum Gasteiger partial charge on any atom is -0.390 e. The number of nitrogens with two attached hydrogens (primary N) is 1. The van der Waals surface area contributed by atoms with Crippen molar-refractivity contribution in [1.82, 2.24) is 15.5 Å². The van der Waals surface area contributed by atoms with E-state index in [-0.39, 0.29) is 24.5 Å². The number of aromatic nitrogens is 2. The fraction of sp³-hybridized carbons (Fsp3) is 0.625. The monoisotopic (exact) mass is 211 g/mol. The molecule has 0 aliphatic heterocycles. The lowest BCUT2D eigenvalue weighted by atomic mass is 10.5. The van der Waals surface area contributed by atoms with Crippen LogP contribution in [0.25, 0.3) is 0 Å². The summed E-state index contributed by atoms with van der Waals surface area (Å²) in [6.07, 6.45) is 2.14. The molecule has 1 aliphatic carbocycles. The molecule has 0 bridgehead atoms. The minimum atomic E-state index is -0.0447. The lowest BCUT2D eigenvalue weighted by Crippen LogP contribution is -2.36. The smallest absolute Gasteiger partial charge is 0.319 e. The van der Waals surface area contributed by atoms with Gasteiger partial charge in [-0.1, -0.05) is 10.2 Å². The van der Waals surface area contributed by atoms with Gasteiger partial charge in [0.25, 0.3) is 0 Å². The maximum absolute atomic E-state index is 11.4. The van der Waals surface area contributed by atoms with E-state index in [1.807, 2.05) is 0 Å². The Hall–Kier alpha value is -1.79. The van der Waals surface area contributed by atoms with E-state index in [1.54, 1.807) is 11.9 Å². The zero-order valence-electron chi connectivity index (χ0n) is 8.43. The number of amides is 1. The molecular weight excluding hydrogens is 198 g/mol. The number of nitrogens with zero attached hydrogens (tertiary/aromatic N) is 3. The molecule has 0 radical (unpaired) electrons. The highest BCUT2D eigenvalue weighted by Gasteiger charge is 2.24. The number of hydrogen-bond acceptors (Lipinski definition) is 6. The summed E-state index contributed by atoms with van der Waals surface area (Å²) in [5, 5.41) is 10.0. The Morgan fingerprint density at radius 2 is 2.40 bits per heavy atom. The maximum atomic E-state index is 11.4. The Labute approximate surface area is 86.6 Å². The van der Waals surface area contributed by atoms with Gasteiger partial charge in [0.1, 0.15) is 6.54 Å². The van der Waals surface area contributed by atoms with Gasteiger partial charge in [0.2, 0.25) is 5.91 Å². The molecular formula is C8H13N5O2. The molecule has 7 heteroatoms. The highest BCUT2D eigenvalue weighted by molar-refractivity contribution is 5.81. The van der Waals surface area contributed by atoms with E-state index < -0.39 is 0 Å². The van der Waals surface area contributed by atoms with Crippen LogP contribution < -0.4 is 16.0 Å². The number of nitrogen functional groups attached to an aromatic ring is 1. The topological polar surface area (TPSA) is 97.3 Å². The molecule has 0 saturated heterocycles. The zero-order valence-corrected chi connectivity index (χ0v) is 8.43. The number of nitrogens with one attached hydrogen (secondary N) is 1. The second-order valence-corrected chi connectivity index (χ2v) is 3.62. The lowest BCUT2D eigenvalue weighted by Gasteiger charge is -2.12. The van der Waals surface area contributed by atoms with Gasteiger partial charge < -0.3 is 20.4 Å². The lowest BCUT2D eigenvalue weighted by molar-refractivity contribution is -0.119. The molecule has 1 heterocycles. The summed E-state index contributed by atoms with van der Waals surface area (Å²) >= 11 is 0. The fourth-order valence-corrected chi connectivity index (χ4v) is 1.16. The summed E-state index contributed by atoms with van der Waals surface area (Å²) in [6.45, 7) is 0.193. The first-order chi connectivity index (χ1) is 7.15. The summed E-state index contributed by atoms with van der Waals surface area (Å²) in [6, 6.07) is 0.608. The average molecular weight is 211 g/mol. The molecule has 1 aromatic rings. The Morgan fingerprint density at radius 1 is 1.67 bits per heavy atom. The molecule has 1 amide bonds. The van der Waals surface area contributed by atoms with Crippen molar-refractivity contribution in [1.29, 1.82) is 0 Å². The van der Waals surface area contributed by atoms with E-state index in [2.05, 4.69) is 15.5 Å². The van der Waals surface area contributed by atoms with Crippen LogP contribution in [-0.2, 0) is 4.79 Å². The van der Waals surface area contributed by atoms with Gasteiger partial charge in [0, 0.05) is 13.1 Å². The summed E-state index contributed by atoms with van der Waals surface area (Å²) < 4.78 is 4.97. The van der Waals surface area contributed by atoms with Crippen LogP contribution in [0.2, 0.25) is 0 Å². The van der Waals surface area contributed by atoms with Crippen molar-refractivity contribution in [2.24, 2.45) is 0 Å². The summed E-state index contributed by atoms with van der Waals surface area (Å²) in [7, 11) is 1.69. The van der Waals surface area contributed by atoms with Gasteiger partial charge in [0.05, 0.1) is 0 Å². The quantitative estimate of drug-likeness (QED) is 0.688. The highest BCUT2D eigenvalue weighted by atomic mass is 16.4. The molecule has 0 aromatic carbocycles. The van der Waals surface area contributed by atoms with Crippen LogP contribution >= 0.6 is 0 Å². The van der Waals surface area contributed by atoms with Crippen molar-refractivity contribution in [3.63, 3.8) is 0 Å². The van der Waals surface area contributed by atoms with Crippen LogP contribution in [0.4, 0.5) is 12.0 Å². The molecule has 15 heavy (non-hydrogen) atoms. The molecule has 2 rings (SSSR count).